The Morgan fingerprint density at radius 2 is 2.31 bits per heavy atom. The van der Waals surface area contributed by atoms with Gasteiger partial charge in [0.1, 0.15) is 0 Å². The van der Waals surface area contributed by atoms with Gasteiger partial charge in [0.05, 0.1) is 0 Å². The molecule has 0 spiro atoms. The Morgan fingerprint density at radius 3 is 3.00 bits per heavy atom. The van der Waals surface area contributed by atoms with Gasteiger partial charge in [-0.25, -0.2) is 0 Å². The van der Waals surface area contributed by atoms with Gasteiger partial charge in [0.15, 0.2) is 0 Å². The maximum absolute atomic E-state index is 3.54. The number of nitrogens with zero attached hydrogens (tertiary/aromatic N) is 1. The van der Waals surface area contributed by atoms with Crippen molar-refractivity contribution in [1.82, 2.24) is 5.32 Å². The summed E-state index contributed by atoms with van der Waals surface area (Å²) in [6.45, 7) is 4.51. The summed E-state index contributed by atoms with van der Waals surface area (Å²) in [5.74, 6) is 0. The third kappa shape index (κ3) is 2.76. The summed E-state index contributed by atoms with van der Waals surface area (Å²) in [4.78, 5) is 2.36. The number of anilines is 1. The predicted molar refractivity (Wildman–Crippen MR) is 70.1 cm³/mol. The van der Waals surface area contributed by atoms with Crippen molar-refractivity contribution < 1.29 is 0 Å². The van der Waals surface area contributed by atoms with E-state index in [4.69, 9.17) is 0 Å². The van der Waals surface area contributed by atoms with Crippen LogP contribution < -0.4 is 10.2 Å². The molecule has 1 aromatic carbocycles. The summed E-state index contributed by atoms with van der Waals surface area (Å²) in [7, 11) is 2.19. The van der Waals surface area contributed by atoms with Gasteiger partial charge >= 0.3 is 0 Å². The normalized spacial score (nSPS) is 20.0. The molecule has 0 saturated carbocycles. The largest absolute Gasteiger partial charge is 0.373 e. The molecule has 16 heavy (non-hydrogen) atoms. The first-order valence-corrected chi connectivity index (χ1v) is 6.33. The molecule has 1 atom stereocenters. The number of hydrogen-bond acceptors (Lipinski definition) is 2. The van der Waals surface area contributed by atoms with E-state index >= 15 is 0 Å². The highest BCUT2D eigenvalue weighted by molar-refractivity contribution is 5.48. The number of likely N-dealkylation sites (N-methyl/N-ethyl adjacent to an activating group) is 1. The molecule has 0 aliphatic carbocycles. The van der Waals surface area contributed by atoms with Crippen LogP contribution in [0.15, 0.2) is 24.3 Å². The molecule has 1 heterocycles. The minimum absolute atomic E-state index is 0.676. The van der Waals surface area contributed by atoms with Crippen molar-refractivity contribution in [1.29, 1.82) is 0 Å². The predicted octanol–water partition coefficient (Wildman–Crippen LogP) is 2.44. The zero-order valence-corrected chi connectivity index (χ0v) is 10.4. The molecule has 1 unspecified atom stereocenters. The zero-order valence-electron chi connectivity index (χ0n) is 10.4. The standard InChI is InChI=1S/C14H22N2/c1-3-12-6-4-8-14(10-12)16(2)11-13-7-5-9-15-13/h4,6,8,10,13,15H,3,5,7,9,11H2,1-2H3. The highest BCUT2D eigenvalue weighted by Crippen LogP contribution is 2.17. The van der Waals surface area contributed by atoms with Gasteiger partial charge in [-0.1, -0.05) is 19.1 Å². The molecule has 1 aromatic rings. The monoisotopic (exact) mass is 218 g/mol. The van der Waals surface area contributed by atoms with Crippen molar-refractivity contribution in [2.75, 3.05) is 25.0 Å². The molecule has 1 aliphatic rings. The lowest BCUT2D eigenvalue weighted by Crippen LogP contribution is -2.35. The van der Waals surface area contributed by atoms with E-state index in [1.807, 2.05) is 0 Å². The molecule has 0 aromatic heterocycles. The van der Waals surface area contributed by atoms with Crippen molar-refractivity contribution in [2.45, 2.75) is 32.2 Å². The number of aryl methyl sites for hydroxylation is 1. The first-order chi connectivity index (χ1) is 7.79. The van der Waals surface area contributed by atoms with Crippen LogP contribution in [-0.4, -0.2) is 26.2 Å². The molecule has 0 bridgehead atoms. The summed E-state index contributed by atoms with van der Waals surface area (Å²) < 4.78 is 0. The SMILES string of the molecule is CCc1cccc(N(C)CC2CCCN2)c1. The van der Waals surface area contributed by atoms with Crippen LogP contribution in [0, 0.1) is 0 Å². The van der Waals surface area contributed by atoms with Crippen LogP contribution in [0.2, 0.25) is 0 Å². The quantitative estimate of drug-likeness (QED) is 0.835. The fourth-order valence-electron chi connectivity index (χ4n) is 2.36. The minimum atomic E-state index is 0.676. The lowest BCUT2D eigenvalue weighted by atomic mass is 10.1. The molecule has 0 amide bonds. The summed E-state index contributed by atoms with van der Waals surface area (Å²) in [5.41, 5.74) is 2.76. The minimum Gasteiger partial charge on any atom is -0.373 e. The Bertz CT molecular complexity index is 329. The van der Waals surface area contributed by atoms with Crippen molar-refractivity contribution in [2.24, 2.45) is 0 Å². The van der Waals surface area contributed by atoms with Gasteiger partial charge < -0.3 is 10.2 Å². The van der Waals surface area contributed by atoms with E-state index < -0.39 is 0 Å². The van der Waals surface area contributed by atoms with Crippen molar-refractivity contribution >= 4 is 5.69 Å². The summed E-state index contributed by atoms with van der Waals surface area (Å²) >= 11 is 0. The van der Waals surface area contributed by atoms with Crippen molar-refractivity contribution in [3.63, 3.8) is 0 Å². The van der Waals surface area contributed by atoms with Gasteiger partial charge in [0.25, 0.3) is 0 Å². The van der Waals surface area contributed by atoms with E-state index in [1.165, 1.54) is 30.6 Å². The molecular weight excluding hydrogens is 196 g/mol. The Kier molecular flexibility index (Phi) is 3.83. The second kappa shape index (κ2) is 5.35. The second-order valence-corrected chi connectivity index (χ2v) is 4.70. The highest BCUT2D eigenvalue weighted by Gasteiger charge is 2.15. The number of benzene rings is 1. The molecule has 88 valence electrons. The lowest BCUT2D eigenvalue weighted by molar-refractivity contribution is 0.600. The average Bonchev–Trinajstić information content (AvgIpc) is 2.82. The van der Waals surface area contributed by atoms with Crippen molar-refractivity contribution in [3.8, 4) is 0 Å². The van der Waals surface area contributed by atoms with E-state index in [1.54, 1.807) is 0 Å². The molecule has 1 aliphatic heterocycles. The second-order valence-electron chi connectivity index (χ2n) is 4.70. The van der Waals surface area contributed by atoms with E-state index in [-0.39, 0.29) is 0 Å². The highest BCUT2D eigenvalue weighted by atomic mass is 15.1. The maximum Gasteiger partial charge on any atom is 0.0366 e. The smallest absolute Gasteiger partial charge is 0.0366 e. The van der Waals surface area contributed by atoms with Crippen LogP contribution in [0.25, 0.3) is 0 Å². The van der Waals surface area contributed by atoms with Crippen molar-refractivity contribution in [3.05, 3.63) is 29.8 Å². The van der Waals surface area contributed by atoms with Crippen LogP contribution in [0.4, 0.5) is 5.69 Å². The van der Waals surface area contributed by atoms with E-state index in [2.05, 4.69) is 48.5 Å². The molecule has 2 rings (SSSR count). The summed E-state index contributed by atoms with van der Waals surface area (Å²) in [6.07, 6.45) is 3.76. The molecule has 2 heteroatoms. The van der Waals surface area contributed by atoms with E-state index in [9.17, 15) is 0 Å². The van der Waals surface area contributed by atoms with Gasteiger partial charge in [0, 0.05) is 25.3 Å². The van der Waals surface area contributed by atoms with Gasteiger partial charge in [-0.05, 0) is 43.5 Å². The maximum atomic E-state index is 3.54. The Morgan fingerprint density at radius 1 is 1.44 bits per heavy atom. The number of rotatable bonds is 4. The van der Waals surface area contributed by atoms with Crippen LogP contribution in [0.1, 0.15) is 25.3 Å². The Hall–Kier alpha value is -1.02. The average molecular weight is 218 g/mol. The molecule has 1 N–H and O–H groups in total. The molecular formula is C14H22N2. The topological polar surface area (TPSA) is 15.3 Å². The van der Waals surface area contributed by atoms with Crippen LogP contribution in [0.5, 0.6) is 0 Å². The first-order valence-electron chi connectivity index (χ1n) is 6.33. The summed E-state index contributed by atoms with van der Waals surface area (Å²) in [6, 6.07) is 9.54. The van der Waals surface area contributed by atoms with E-state index in [0.717, 1.165) is 13.0 Å². The third-order valence-electron chi connectivity index (χ3n) is 3.42. The fourth-order valence-corrected chi connectivity index (χ4v) is 2.36. The van der Waals surface area contributed by atoms with Crippen LogP contribution >= 0.6 is 0 Å². The van der Waals surface area contributed by atoms with Gasteiger partial charge in [0.2, 0.25) is 0 Å². The van der Waals surface area contributed by atoms with Crippen LogP contribution in [0.3, 0.4) is 0 Å². The molecule has 1 fully saturated rings. The molecule has 2 nitrogen and oxygen atoms in total. The third-order valence-corrected chi connectivity index (χ3v) is 3.42. The zero-order chi connectivity index (χ0) is 11.4. The summed E-state index contributed by atoms with van der Waals surface area (Å²) in [5, 5.41) is 3.54. The van der Waals surface area contributed by atoms with Gasteiger partial charge in [-0.2, -0.15) is 0 Å². The molecule has 0 radical (unpaired) electrons. The Labute approximate surface area is 98.7 Å². The van der Waals surface area contributed by atoms with Crippen LogP contribution in [-0.2, 0) is 6.42 Å². The van der Waals surface area contributed by atoms with Gasteiger partial charge in [-0.3, -0.25) is 0 Å². The molecule has 1 saturated heterocycles. The van der Waals surface area contributed by atoms with Gasteiger partial charge in [-0.15, -0.1) is 0 Å². The number of nitrogens with one attached hydrogen (secondary N) is 1. The lowest BCUT2D eigenvalue weighted by Gasteiger charge is -2.23. The number of hydrogen-bond donors (Lipinski definition) is 1. The van der Waals surface area contributed by atoms with E-state index in [0.29, 0.717) is 6.04 Å². The first kappa shape index (κ1) is 11.5. The fraction of sp³-hybridized carbons (Fsp3) is 0.571. The Balaban J connectivity index is 1.98.